The molecule has 0 saturated heterocycles. The van der Waals surface area contributed by atoms with Gasteiger partial charge in [-0.1, -0.05) is 11.6 Å². The van der Waals surface area contributed by atoms with Crippen LogP contribution in [0.4, 0.5) is 11.8 Å². The van der Waals surface area contributed by atoms with Crippen LogP contribution >= 0.6 is 23.8 Å². The molecule has 0 saturated carbocycles. The van der Waals surface area contributed by atoms with Crippen LogP contribution in [0.15, 0.2) is 41.0 Å². The summed E-state index contributed by atoms with van der Waals surface area (Å²) >= 11 is 11.3. The minimum Gasteiger partial charge on any atom is -0.496 e. The van der Waals surface area contributed by atoms with Gasteiger partial charge in [-0.15, -0.1) is 5.10 Å². The molecular weight excluding hydrogens is 366 g/mol. The van der Waals surface area contributed by atoms with Gasteiger partial charge in [-0.25, -0.2) is 4.68 Å². The van der Waals surface area contributed by atoms with Crippen molar-refractivity contribution in [1.82, 2.24) is 14.5 Å². The summed E-state index contributed by atoms with van der Waals surface area (Å²) in [6.07, 6.45) is 1.50. The number of furan rings is 1. The van der Waals surface area contributed by atoms with Gasteiger partial charge in [0.2, 0.25) is 16.6 Å². The number of methoxy groups -OCH3 is 1. The average molecular weight is 380 g/mol. The van der Waals surface area contributed by atoms with Crippen LogP contribution in [0, 0.1) is 4.77 Å². The standard InChI is InChI=1S/C15H14ClN5O3S/c1-23-12-5-4-9(16)7-10(12)11(22)8-20-15(25)21(14(17)19-20)18-13-3-2-6-24-13/h2-7,18H,8H2,1H3,(H2,17,19). The number of nitrogens with two attached hydrogens (primary N) is 1. The number of halogens is 1. The molecule has 130 valence electrons. The Morgan fingerprint density at radius 1 is 1.48 bits per heavy atom. The maximum Gasteiger partial charge on any atom is 0.240 e. The lowest BCUT2D eigenvalue weighted by Gasteiger charge is -2.08. The predicted molar refractivity (Wildman–Crippen MR) is 95.5 cm³/mol. The molecule has 3 aromatic rings. The monoisotopic (exact) mass is 379 g/mol. The van der Waals surface area contributed by atoms with Crippen molar-refractivity contribution in [3.05, 3.63) is 52.0 Å². The van der Waals surface area contributed by atoms with Crippen molar-refractivity contribution >= 4 is 41.4 Å². The SMILES string of the molecule is COc1ccc(Cl)cc1C(=O)Cn1nc(N)n(Nc2ccco2)c1=S. The van der Waals surface area contributed by atoms with Crippen LogP contribution in [-0.2, 0) is 6.54 Å². The number of ether oxygens (including phenoxy) is 1. The highest BCUT2D eigenvalue weighted by Gasteiger charge is 2.17. The highest BCUT2D eigenvalue weighted by Crippen LogP contribution is 2.23. The number of nitrogen functional groups attached to an aromatic ring is 1. The summed E-state index contributed by atoms with van der Waals surface area (Å²) in [5.74, 6) is 0.678. The number of benzene rings is 1. The third-order valence-electron chi connectivity index (χ3n) is 3.36. The second-order valence-corrected chi connectivity index (χ2v) is 5.79. The lowest BCUT2D eigenvalue weighted by molar-refractivity contribution is 0.0964. The molecule has 0 amide bonds. The number of anilines is 2. The first-order chi connectivity index (χ1) is 12.0. The molecule has 3 rings (SSSR count). The molecule has 3 N–H and O–H groups in total. The second kappa shape index (κ2) is 6.99. The number of carbonyl (C=O) groups is 1. The quantitative estimate of drug-likeness (QED) is 0.501. The van der Waals surface area contributed by atoms with Crippen molar-refractivity contribution < 1.29 is 13.9 Å². The number of nitrogens with zero attached hydrogens (tertiary/aromatic N) is 3. The van der Waals surface area contributed by atoms with E-state index in [1.165, 1.54) is 28.8 Å². The van der Waals surface area contributed by atoms with E-state index in [-0.39, 0.29) is 23.0 Å². The van der Waals surface area contributed by atoms with E-state index < -0.39 is 0 Å². The van der Waals surface area contributed by atoms with E-state index in [4.69, 9.17) is 38.7 Å². The fourth-order valence-electron chi connectivity index (χ4n) is 2.20. The van der Waals surface area contributed by atoms with Gasteiger partial charge >= 0.3 is 0 Å². The summed E-state index contributed by atoms with van der Waals surface area (Å²) in [6, 6.07) is 8.21. The number of hydrogen-bond donors (Lipinski definition) is 2. The Labute approximate surface area is 152 Å². The third-order valence-corrected chi connectivity index (χ3v) is 3.99. The van der Waals surface area contributed by atoms with Crippen LogP contribution in [0.25, 0.3) is 0 Å². The Hall–Kier alpha value is -2.78. The molecule has 0 radical (unpaired) electrons. The molecule has 0 fully saturated rings. The first-order valence-electron chi connectivity index (χ1n) is 7.12. The zero-order chi connectivity index (χ0) is 18.0. The molecule has 2 heterocycles. The topological polar surface area (TPSA) is 100 Å². The van der Waals surface area contributed by atoms with E-state index in [9.17, 15) is 4.79 Å². The van der Waals surface area contributed by atoms with Crippen molar-refractivity contribution in [2.75, 3.05) is 18.3 Å². The molecule has 0 unspecified atom stereocenters. The summed E-state index contributed by atoms with van der Waals surface area (Å²) in [4.78, 5) is 12.6. The number of ketones is 1. The van der Waals surface area contributed by atoms with Gasteiger partial charge in [-0.2, -0.15) is 4.68 Å². The first kappa shape index (κ1) is 17.1. The maximum atomic E-state index is 12.6. The van der Waals surface area contributed by atoms with Gasteiger partial charge < -0.3 is 14.9 Å². The fourth-order valence-corrected chi connectivity index (χ4v) is 2.62. The molecule has 0 atom stereocenters. The smallest absolute Gasteiger partial charge is 0.240 e. The molecule has 0 spiro atoms. The van der Waals surface area contributed by atoms with Gasteiger partial charge in [0.15, 0.2) is 5.78 Å². The molecule has 25 heavy (non-hydrogen) atoms. The number of hydrogen-bond acceptors (Lipinski definition) is 7. The Morgan fingerprint density at radius 3 is 2.96 bits per heavy atom. The first-order valence-corrected chi connectivity index (χ1v) is 7.91. The minimum absolute atomic E-state index is 0.0901. The van der Waals surface area contributed by atoms with E-state index in [0.29, 0.717) is 22.2 Å². The average Bonchev–Trinajstić information content (AvgIpc) is 3.19. The van der Waals surface area contributed by atoms with Gasteiger partial charge in [0.1, 0.15) is 12.3 Å². The number of rotatable bonds is 6. The van der Waals surface area contributed by atoms with E-state index in [0.717, 1.165) is 0 Å². The number of aromatic nitrogens is 3. The highest BCUT2D eigenvalue weighted by atomic mass is 35.5. The molecule has 2 aromatic heterocycles. The summed E-state index contributed by atoms with van der Waals surface area (Å²) in [6.45, 7) is -0.118. The van der Waals surface area contributed by atoms with Crippen LogP contribution < -0.4 is 15.9 Å². The summed E-state index contributed by atoms with van der Waals surface area (Å²) in [5, 5.41) is 4.52. The zero-order valence-corrected chi connectivity index (χ0v) is 14.7. The van der Waals surface area contributed by atoms with Gasteiger partial charge in [0.05, 0.1) is 18.9 Å². The lowest BCUT2D eigenvalue weighted by Crippen LogP contribution is -2.15. The van der Waals surface area contributed by atoms with E-state index in [2.05, 4.69) is 10.5 Å². The van der Waals surface area contributed by atoms with Crippen molar-refractivity contribution in [1.29, 1.82) is 0 Å². The molecule has 10 heteroatoms. The third kappa shape index (κ3) is 3.52. The van der Waals surface area contributed by atoms with Crippen molar-refractivity contribution in [2.45, 2.75) is 6.54 Å². The number of Topliss-reactive ketones (excluding diaryl/α,β-unsaturated/α-hetero) is 1. The number of nitrogens with one attached hydrogen (secondary N) is 1. The highest BCUT2D eigenvalue weighted by molar-refractivity contribution is 7.71. The van der Waals surface area contributed by atoms with E-state index in [1.54, 1.807) is 24.3 Å². The van der Waals surface area contributed by atoms with E-state index >= 15 is 0 Å². The van der Waals surface area contributed by atoms with Crippen molar-refractivity contribution in [3.8, 4) is 5.75 Å². The molecule has 0 aliphatic rings. The molecule has 1 aromatic carbocycles. The van der Waals surface area contributed by atoms with E-state index in [1.807, 2.05) is 0 Å². The summed E-state index contributed by atoms with van der Waals surface area (Å²) in [5.41, 5.74) is 9.06. The van der Waals surface area contributed by atoms with Crippen LogP contribution in [0.5, 0.6) is 5.75 Å². The zero-order valence-electron chi connectivity index (χ0n) is 13.1. The van der Waals surface area contributed by atoms with Crippen LogP contribution in [0.1, 0.15) is 10.4 Å². The fraction of sp³-hybridized carbons (Fsp3) is 0.133. The summed E-state index contributed by atoms with van der Waals surface area (Å²) in [7, 11) is 1.48. The van der Waals surface area contributed by atoms with Gasteiger partial charge in [-0.3, -0.25) is 10.2 Å². The minimum atomic E-state index is -0.266. The largest absolute Gasteiger partial charge is 0.496 e. The normalized spacial score (nSPS) is 10.6. The molecule has 0 aliphatic heterocycles. The van der Waals surface area contributed by atoms with Crippen LogP contribution in [-0.4, -0.2) is 27.3 Å². The van der Waals surface area contributed by atoms with Gasteiger partial charge in [0, 0.05) is 11.1 Å². The Bertz CT molecular complexity index is 964. The van der Waals surface area contributed by atoms with Crippen LogP contribution in [0.2, 0.25) is 5.02 Å². The molecule has 8 nitrogen and oxygen atoms in total. The molecule has 0 bridgehead atoms. The van der Waals surface area contributed by atoms with Crippen molar-refractivity contribution in [2.24, 2.45) is 0 Å². The lowest BCUT2D eigenvalue weighted by atomic mass is 10.1. The van der Waals surface area contributed by atoms with Gasteiger partial charge in [0.25, 0.3) is 0 Å². The molecule has 0 aliphatic carbocycles. The van der Waals surface area contributed by atoms with Crippen LogP contribution in [0.3, 0.4) is 0 Å². The maximum absolute atomic E-state index is 12.6. The second-order valence-electron chi connectivity index (χ2n) is 4.99. The van der Waals surface area contributed by atoms with Gasteiger partial charge in [-0.05, 0) is 36.5 Å². The summed E-state index contributed by atoms with van der Waals surface area (Å²) < 4.78 is 13.2. The molecular formula is C15H14ClN5O3S. The Balaban J connectivity index is 1.88. The Kier molecular flexibility index (Phi) is 4.77. The number of carbonyl (C=O) groups excluding carboxylic acids is 1. The van der Waals surface area contributed by atoms with Crippen molar-refractivity contribution in [3.63, 3.8) is 0 Å². The Morgan fingerprint density at radius 2 is 2.28 bits per heavy atom. The predicted octanol–water partition coefficient (Wildman–Crippen LogP) is 3.01.